The van der Waals surface area contributed by atoms with Crippen LogP contribution < -0.4 is 24.8 Å². The predicted octanol–water partition coefficient (Wildman–Crippen LogP) is 2.43. The summed E-state index contributed by atoms with van der Waals surface area (Å²) in [5.41, 5.74) is 1.11. The summed E-state index contributed by atoms with van der Waals surface area (Å²) in [7, 11) is 0. The highest BCUT2D eigenvalue weighted by Gasteiger charge is 2.16. The van der Waals surface area contributed by atoms with Crippen LogP contribution in [0.15, 0.2) is 42.5 Å². The second-order valence-electron chi connectivity index (χ2n) is 5.26. The van der Waals surface area contributed by atoms with E-state index in [9.17, 15) is 9.59 Å². The minimum atomic E-state index is -0.315. The molecule has 0 saturated carbocycles. The molecule has 0 bridgehead atoms. The van der Waals surface area contributed by atoms with Crippen LogP contribution in [0.25, 0.3) is 0 Å². The first kappa shape index (κ1) is 16.6. The normalized spacial score (nSPS) is 12.4. The lowest BCUT2D eigenvalue weighted by Crippen LogP contribution is -2.25. The van der Waals surface area contributed by atoms with Gasteiger partial charge in [-0.1, -0.05) is 12.1 Å². The number of nitrogens with one attached hydrogen (secondary N) is 2. The molecule has 0 spiro atoms. The molecular formula is C18H18N2O5. The quantitative estimate of drug-likeness (QED) is 0.842. The summed E-state index contributed by atoms with van der Waals surface area (Å²) in [6, 6.07) is 12.2. The predicted molar refractivity (Wildman–Crippen MR) is 92.3 cm³/mol. The Morgan fingerprint density at radius 3 is 2.92 bits per heavy atom. The molecule has 1 aliphatic rings. The van der Waals surface area contributed by atoms with E-state index in [0.717, 1.165) is 0 Å². The van der Waals surface area contributed by atoms with Crippen LogP contribution in [0.1, 0.15) is 6.92 Å². The maximum Gasteiger partial charge on any atom is 0.262 e. The second kappa shape index (κ2) is 7.57. The number of ether oxygens (including phenoxy) is 3. The lowest BCUT2D eigenvalue weighted by molar-refractivity contribution is -0.119. The van der Waals surface area contributed by atoms with Crippen molar-refractivity contribution < 1.29 is 23.8 Å². The zero-order valence-corrected chi connectivity index (χ0v) is 13.7. The van der Waals surface area contributed by atoms with Crippen molar-refractivity contribution in [2.45, 2.75) is 6.92 Å². The average Bonchev–Trinajstić information content (AvgIpc) is 2.61. The lowest BCUT2D eigenvalue weighted by atomic mass is 10.2. The van der Waals surface area contributed by atoms with Crippen LogP contribution in [-0.2, 0) is 9.59 Å². The number of rotatable bonds is 6. The van der Waals surface area contributed by atoms with Crippen LogP contribution in [0.3, 0.4) is 0 Å². The number of carbonyl (C=O) groups is 2. The zero-order valence-electron chi connectivity index (χ0n) is 13.7. The van der Waals surface area contributed by atoms with Gasteiger partial charge < -0.3 is 24.8 Å². The maximum absolute atomic E-state index is 12.1. The third-order valence-electron chi connectivity index (χ3n) is 3.41. The topological polar surface area (TPSA) is 85.9 Å². The first-order valence-corrected chi connectivity index (χ1v) is 7.87. The summed E-state index contributed by atoms with van der Waals surface area (Å²) >= 11 is 0. The highest BCUT2D eigenvalue weighted by Crippen LogP contribution is 2.31. The van der Waals surface area contributed by atoms with Gasteiger partial charge >= 0.3 is 0 Å². The molecule has 2 aromatic carbocycles. The fourth-order valence-corrected chi connectivity index (χ4v) is 2.34. The molecule has 7 heteroatoms. The molecule has 0 aromatic heterocycles. The molecular weight excluding hydrogens is 324 g/mol. The Bertz CT molecular complexity index is 791. The van der Waals surface area contributed by atoms with Gasteiger partial charge in [0.15, 0.2) is 13.2 Å². The molecule has 0 radical (unpaired) electrons. The van der Waals surface area contributed by atoms with Crippen LogP contribution in [0, 0.1) is 0 Å². The van der Waals surface area contributed by atoms with Crippen LogP contribution in [0.2, 0.25) is 0 Å². The Morgan fingerprint density at radius 1 is 1.24 bits per heavy atom. The number of carbonyl (C=O) groups excluding carboxylic acids is 2. The van der Waals surface area contributed by atoms with Gasteiger partial charge in [0.1, 0.15) is 17.2 Å². The van der Waals surface area contributed by atoms with E-state index >= 15 is 0 Å². The fraction of sp³-hybridized carbons (Fsp3) is 0.222. The molecule has 3 rings (SSSR count). The first-order valence-electron chi connectivity index (χ1n) is 7.87. The van der Waals surface area contributed by atoms with Crippen molar-refractivity contribution in [1.82, 2.24) is 0 Å². The number of benzene rings is 2. The van der Waals surface area contributed by atoms with E-state index in [2.05, 4.69) is 10.6 Å². The third kappa shape index (κ3) is 4.20. The average molecular weight is 342 g/mol. The van der Waals surface area contributed by atoms with Crippen LogP contribution >= 0.6 is 0 Å². The number of hydrogen-bond donors (Lipinski definition) is 2. The van der Waals surface area contributed by atoms with E-state index in [1.807, 2.05) is 19.1 Å². The molecule has 1 heterocycles. The molecule has 130 valence electrons. The van der Waals surface area contributed by atoms with Gasteiger partial charge in [0, 0.05) is 6.07 Å². The molecule has 0 unspecified atom stereocenters. The molecule has 25 heavy (non-hydrogen) atoms. The Morgan fingerprint density at radius 2 is 2.08 bits per heavy atom. The smallest absolute Gasteiger partial charge is 0.262 e. The van der Waals surface area contributed by atoms with Gasteiger partial charge in [-0.2, -0.15) is 0 Å². The molecule has 0 atom stereocenters. The minimum absolute atomic E-state index is 0.00511. The van der Waals surface area contributed by atoms with E-state index in [1.165, 1.54) is 0 Å². The van der Waals surface area contributed by atoms with Gasteiger partial charge in [0.25, 0.3) is 11.8 Å². The van der Waals surface area contributed by atoms with Gasteiger partial charge in [-0.25, -0.2) is 0 Å². The van der Waals surface area contributed by atoms with E-state index in [0.29, 0.717) is 35.2 Å². The van der Waals surface area contributed by atoms with Gasteiger partial charge in [0.05, 0.1) is 18.0 Å². The van der Waals surface area contributed by atoms with E-state index in [-0.39, 0.29) is 25.0 Å². The summed E-state index contributed by atoms with van der Waals surface area (Å²) in [4.78, 5) is 23.4. The Balaban J connectivity index is 1.59. The van der Waals surface area contributed by atoms with Crippen LogP contribution in [0.5, 0.6) is 17.2 Å². The summed E-state index contributed by atoms with van der Waals surface area (Å²) in [6.45, 7) is 2.20. The Kier molecular flexibility index (Phi) is 5.03. The Hall–Kier alpha value is -3.22. The van der Waals surface area contributed by atoms with E-state index in [1.54, 1.807) is 30.3 Å². The number of hydrogen-bond acceptors (Lipinski definition) is 5. The third-order valence-corrected chi connectivity index (χ3v) is 3.41. The van der Waals surface area contributed by atoms with Gasteiger partial charge in [0.2, 0.25) is 0 Å². The number of fused-ring (bicyclic) bond motifs is 1. The SMILES string of the molecule is CCOc1ccccc1NC(=O)COc1ccc2c(c1)NC(=O)CO2. The highest BCUT2D eigenvalue weighted by atomic mass is 16.5. The zero-order chi connectivity index (χ0) is 17.6. The van der Waals surface area contributed by atoms with Crippen molar-refractivity contribution in [2.75, 3.05) is 30.5 Å². The second-order valence-corrected chi connectivity index (χ2v) is 5.26. The minimum Gasteiger partial charge on any atom is -0.492 e. The fourth-order valence-electron chi connectivity index (χ4n) is 2.34. The number of anilines is 2. The van der Waals surface area contributed by atoms with Crippen molar-refractivity contribution in [2.24, 2.45) is 0 Å². The number of para-hydroxylation sites is 2. The van der Waals surface area contributed by atoms with E-state index < -0.39 is 0 Å². The molecule has 0 fully saturated rings. The highest BCUT2D eigenvalue weighted by molar-refractivity contribution is 5.96. The molecule has 2 amide bonds. The molecule has 7 nitrogen and oxygen atoms in total. The molecule has 2 N–H and O–H groups in total. The van der Waals surface area contributed by atoms with Gasteiger partial charge in [-0.15, -0.1) is 0 Å². The molecule has 1 aliphatic heterocycles. The first-order chi connectivity index (χ1) is 12.2. The van der Waals surface area contributed by atoms with Crippen LogP contribution in [0.4, 0.5) is 11.4 Å². The Labute approximate surface area is 144 Å². The summed E-state index contributed by atoms with van der Waals surface area (Å²) in [6.07, 6.45) is 0. The van der Waals surface area contributed by atoms with Crippen molar-refractivity contribution in [3.63, 3.8) is 0 Å². The maximum atomic E-state index is 12.1. The van der Waals surface area contributed by atoms with Crippen molar-refractivity contribution in [3.8, 4) is 17.2 Å². The summed E-state index contributed by atoms with van der Waals surface area (Å²) in [5.74, 6) is 1.09. The lowest BCUT2D eigenvalue weighted by Gasteiger charge is -2.18. The van der Waals surface area contributed by atoms with Crippen molar-refractivity contribution in [1.29, 1.82) is 0 Å². The molecule has 0 aliphatic carbocycles. The van der Waals surface area contributed by atoms with E-state index in [4.69, 9.17) is 14.2 Å². The van der Waals surface area contributed by atoms with Crippen molar-refractivity contribution in [3.05, 3.63) is 42.5 Å². The summed E-state index contributed by atoms with van der Waals surface area (Å²) < 4.78 is 16.2. The van der Waals surface area contributed by atoms with Crippen molar-refractivity contribution >= 4 is 23.2 Å². The van der Waals surface area contributed by atoms with Gasteiger partial charge in [-0.3, -0.25) is 9.59 Å². The van der Waals surface area contributed by atoms with Crippen LogP contribution in [-0.4, -0.2) is 31.6 Å². The largest absolute Gasteiger partial charge is 0.492 e. The molecule has 0 saturated heterocycles. The molecule has 2 aromatic rings. The monoisotopic (exact) mass is 342 g/mol. The summed E-state index contributed by atoms with van der Waals surface area (Å²) in [5, 5.41) is 5.44. The van der Waals surface area contributed by atoms with Gasteiger partial charge in [-0.05, 0) is 31.2 Å². The number of amides is 2. The standard InChI is InChI=1S/C18H18N2O5/c1-2-23-15-6-4-3-5-13(15)19-17(21)10-24-12-7-8-16-14(9-12)20-18(22)11-25-16/h3-9H,2,10-11H2,1H3,(H,19,21)(H,20,22).